The summed E-state index contributed by atoms with van der Waals surface area (Å²) in [7, 11) is 0. The van der Waals surface area contributed by atoms with E-state index in [0.29, 0.717) is 24.1 Å². The van der Waals surface area contributed by atoms with E-state index in [0.717, 1.165) is 5.56 Å². The number of fused-ring (bicyclic) bond motifs is 1. The van der Waals surface area contributed by atoms with Crippen LogP contribution >= 0.6 is 0 Å². The normalized spacial score (nSPS) is 15.8. The van der Waals surface area contributed by atoms with E-state index in [1.807, 2.05) is 19.1 Å². The van der Waals surface area contributed by atoms with E-state index in [1.165, 1.54) is 0 Å². The Hall–Kier alpha value is -1.64. The molecular weight excluding hydrogens is 178 g/mol. The minimum atomic E-state index is -0.135. The third-order valence-corrected chi connectivity index (χ3v) is 2.44. The molecule has 0 radical (unpaired) electrons. The highest BCUT2D eigenvalue weighted by Crippen LogP contribution is 2.17. The minimum absolute atomic E-state index is 0.0436. The molecule has 1 aromatic carbocycles. The number of rotatable bonds is 0. The number of amides is 1. The largest absolute Gasteiger partial charge is 0.352 e. The summed E-state index contributed by atoms with van der Waals surface area (Å²) >= 11 is 0. The highest BCUT2D eigenvalue weighted by Gasteiger charge is 2.21. The molecule has 0 saturated carbocycles. The number of benzene rings is 1. The lowest BCUT2D eigenvalue weighted by atomic mass is 9.98. The predicted molar refractivity (Wildman–Crippen MR) is 52.5 cm³/mol. The van der Waals surface area contributed by atoms with Gasteiger partial charge in [0.2, 0.25) is 0 Å². The zero-order valence-corrected chi connectivity index (χ0v) is 7.96. The molecule has 1 heterocycles. The van der Waals surface area contributed by atoms with E-state index in [4.69, 9.17) is 0 Å². The summed E-state index contributed by atoms with van der Waals surface area (Å²) in [4.78, 5) is 23.2. The smallest absolute Gasteiger partial charge is 0.252 e. The van der Waals surface area contributed by atoms with Crippen molar-refractivity contribution in [1.29, 1.82) is 0 Å². The zero-order valence-electron chi connectivity index (χ0n) is 7.96. The van der Waals surface area contributed by atoms with Crippen LogP contribution in [0.15, 0.2) is 18.2 Å². The summed E-state index contributed by atoms with van der Waals surface area (Å²) in [6.07, 6.45) is 0.391. The maximum Gasteiger partial charge on any atom is 0.252 e. The lowest BCUT2D eigenvalue weighted by Crippen LogP contribution is -2.23. The van der Waals surface area contributed by atoms with Crippen molar-refractivity contribution in [2.75, 3.05) is 6.54 Å². The summed E-state index contributed by atoms with van der Waals surface area (Å²) < 4.78 is 0. The molecule has 0 aromatic heterocycles. The third kappa shape index (κ3) is 1.31. The van der Waals surface area contributed by atoms with Crippen molar-refractivity contribution in [3.63, 3.8) is 0 Å². The molecule has 2 rings (SSSR count). The number of carbonyl (C=O) groups is 2. The summed E-state index contributed by atoms with van der Waals surface area (Å²) in [6, 6.07) is 5.37. The Kier molecular flexibility index (Phi) is 2.08. The van der Waals surface area contributed by atoms with E-state index < -0.39 is 0 Å². The van der Waals surface area contributed by atoms with E-state index in [-0.39, 0.29) is 11.7 Å². The van der Waals surface area contributed by atoms with E-state index in [2.05, 4.69) is 5.32 Å². The Morgan fingerprint density at radius 2 is 2.07 bits per heavy atom. The van der Waals surface area contributed by atoms with Crippen molar-refractivity contribution in [1.82, 2.24) is 5.32 Å². The van der Waals surface area contributed by atoms with Crippen molar-refractivity contribution in [2.24, 2.45) is 0 Å². The fourth-order valence-corrected chi connectivity index (χ4v) is 1.71. The molecule has 0 atom stereocenters. The molecule has 1 aromatic rings. The molecular formula is C11H11NO2. The molecule has 3 nitrogen and oxygen atoms in total. The first-order chi connectivity index (χ1) is 6.70. The van der Waals surface area contributed by atoms with Crippen LogP contribution in [0.5, 0.6) is 0 Å². The van der Waals surface area contributed by atoms with Crippen molar-refractivity contribution >= 4 is 11.7 Å². The van der Waals surface area contributed by atoms with Crippen molar-refractivity contribution < 1.29 is 9.59 Å². The Labute approximate surface area is 82.1 Å². The summed E-state index contributed by atoms with van der Waals surface area (Å²) in [5, 5.41) is 2.71. The number of Topliss-reactive ketones (excluding diaryl/α,β-unsaturated/α-hetero) is 1. The second kappa shape index (κ2) is 3.25. The van der Waals surface area contributed by atoms with Gasteiger partial charge in [0, 0.05) is 18.5 Å². The van der Waals surface area contributed by atoms with Crippen LogP contribution in [-0.4, -0.2) is 18.2 Å². The minimum Gasteiger partial charge on any atom is -0.352 e. The lowest BCUT2D eigenvalue weighted by molar-refractivity contribution is 0.0955. The zero-order chi connectivity index (χ0) is 10.1. The Bertz CT molecular complexity index is 410. The predicted octanol–water partition coefficient (Wildman–Crippen LogP) is 1.31. The standard InChI is InChI=1S/C11H11NO2/c1-7-3-2-4-8-9(13)5-6-12-11(14)10(7)8/h2-4H,5-6H2,1H3,(H,12,14). The summed E-state index contributed by atoms with van der Waals surface area (Å²) in [6.45, 7) is 2.28. The van der Waals surface area contributed by atoms with Crippen molar-refractivity contribution in [2.45, 2.75) is 13.3 Å². The van der Waals surface area contributed by atoms with Gasteiger partial charge in [-0.15, -0.1) is 0 Å². The van der Waals surface area contributed by atoms with Gasteiger partial charge in [-0.3, -0.25) is 9.59 Å². The molecule has 1 aliphatic rings. The third-order valence-electron chi connectivity index (χ3n) is 2.44. The van der Waals surface area contributed by atoms with Gasteiger partial charge in [0.05, 0.1) is 5.56 Å². The number of carbonyl (C=O) groups excluding carboxylic acids is 2. The molecule has 1 N–H and O–H groups in total. The second-order valence-electron chi connectivity index (χ2n) is 3.43. The first-order valence-electron chi connectivity index (χ1n) is 4.61. The van der Waals surface area contributed by atoms with Gasteiger partial charge in [0.1, 0.15) is 0 Å². The first-order valence-corrected chi connectivity index (χ1v) is 4.61. The summed E-state index contributed by atoms with van der Waals surface area (Å²) in [5.41, 5.74) is 1.95. The number of hydrogen-bond acceptors (Lipinski definition) is 2. The molecule has 72 valence electrons. The number of aryl methyl sites for hydroxylation is 1. The van der Waals surface area contributed by atoms with Gasteiger partial charge in [-0.2, -0.15) is 0 Å². The van der Waals surface area contributed by atoms with E-state index in [9.17, 15) is 9.59 Å². The fourth-order valence-electron chi connectivity index (χ4n) is 1.71. The van der Waals surface area contributed by atoms with Gasteiger partial charge in [-0.1, -0.05) is 18.2 Å². The van der Waals surface area contributed by atoms with Gasteiger partial charge in [0.15, 0.2) is 5.78 Å². The topological polar surface area (TPSA) is 46.2 Å². The lowest BCUT2D eigenvalue weighted by Gasteiger charge is -2.05. The first kappa shape index (κ1) is 8.94. The van der Waals surface area contributed by atoms with Gasteiger partial charge in [0.25, 0.3) is 5.91 Å². The molecule has 0 aliphatic carbocycles. The van der Waals surface area contributed by atoms with Gasteiger partial charge < -0.3 is 5.32 Å². The second-order valence-corrected chi connectivity index (χ2v) is 3.43. The highest BCUT2D eigenvalue weighted by atomic mass is 16.2. The van der Waals surface area contributed by atoms with Crippen LogP contribution in [0.4, 0.5) is 0 Å². The molecule has 14 heavy (non-hydrogen) atoms. The maximum absolute atomic E-state index is 11.6. The Morgan fingerprint density at radius 3 is 2.86 bits per heavy atom. The molecule has 1 aliphatic heterocycles. The van der Waals surface area contributed by atoms with Crippen LogP contribution in [0.2, 0.25) is 0 Å². The number of hydrogen-bond donors (Lipinski definition) is 1. The van der Waals surface area contributed by atoms with Gasteiger partial charge in [-0.25, -0.2) is 0 Å². The Morgan fingerprint density at radius 1 is 1.29 bits per heavy atom. The van der Waals surface area contributed by atoms with Crippen molar-refractivity contribution in [3.05, 3.63) is 34.9 Å². The molecule has 0 fully saturated rings. The quantitative estimate of drug-likeness (QED) is 0.668. The number of nitrogens with one attached hydrogen (secondary N) is 1. The van der Waals surface area contributed by atoms with Crippen LogP contribution in [0.3, 0.4) is 0 Å². The molecule has 0 spiro atoms. The molecule has 1 amide bonds. The monoisotopic (exact) mass is 189 g/mol. The van der Waals surface area contributed by atoms with Gasteiger partial charge in [-0.05, 0) is 12.5 Å². The average molecular weight is 189 g/mol. The number of ketones is 1. The maximum atomic E-state index is 11.6. The van der Waals surface area contributed by atoms with Crippen molar-refractivity contribution in [3.8, 4) is 0 Å². The van der Waals surface area contributed by atoms with E-state index >= 15 is 0 Å². The van der Waals surface area contributed by atoms with Crippen LogP contribution in [0.25, 0.3) is 0 Å². The molecule has 3 heteroatoms. The van der Waals surface area contributed by atoms with Crippen LogP contribution in [-0.2, 0) is 0 Å². The van der Waals surface area contributed by atoms with Crippen LogP contribution in [0.1, 0.15) is 32.7 Å². The average Bonchev–Trinajstić information content (AvgIpc) is 2.29. The summed E-state index contributed by atoms with van der Waals surface area (Å²) in [5.74, 6) is -0.0917. The molecule has 0 unspecified atom stereocenters. The molecule has 0 saturated heterocycles. The van der Waals surface area contributed by atoms with E-state index in [1.54, 1.807) is 6.07 Å². The SMILES string of the molecule is Cc1cccc2c1C(=O)NCCC2=O. The highest BCUT2D eigenvalue weighted by molar-refractivity contribution is 6.10. The van der Waals surface area contributed by atoms with Crippen LogP contribution < -0.4 is 5.32 Å². The molecule has 0 bridgehead atoms. The fraction of sp³-hybridized carbons (Fsp3) is 0.273. The Balaban J connectivity index is 2.65. The van der Waals surface area contributed by atoms with Gasteiger partial charge >= 0.3 is 0 Å². The van der Waals surface area contributed by atoms with Crippen LogP contribution in [0, 0.1) is 6.92 Å².